The van der Waals surface area contributed by atoms with Gasteiger partial charge in [-0.1, -0.05) is 78.6 Å². The van der Waals surface area contributed by atoms with E-state index in [-0.39, 0.29) is 0 Å². The minimum atomic E-state index is 1.15. The first-order chi connectivity index (χ1) is 12.3. The molecule has 0 saturated carbocycles. The van der Waals surface area contributed by atoms with Crippen LogP contribution in [-0.2, 0) is 0 Å². The van der Waals surface area contributed by atoms with Gasteiger partial charge in [0.25, 0.3) is 0 Å². The number of rotatable bonds is 21. The highest BCUT2D eigenvalue weighted by molar-refractivity contribution is 4.63. The number of nitrogens with zero attached hydrogens (tertiary/aromatic N) is 1. The van der Waals surface area contributed by atoms with E-state index in [0.717, 1.165) is 13.1 Å². The fraction of sp³-hybridized carbons (Fsp3) is 1.00. The predicted molar refractivity (Wildman–Crippen MR) is 115 cm³/mol. The normalized spacial score (nSPS) is 11.5. The molecule has 0 rings (SSSR count). The molecule has 0 heterocycles. The molecular formula is C22H49N3. The lowest BCUT2D eigenvalue weighted by molar-refractivity contribution is 0.266. The predicted octanol–water partition coefficient (Wildman–Crippen LogP) is 5.21. The highest BCUT2D eigenvalue weighted by Gasteiger charge is 2.04. The van der Waals surface area contributed by atoms with Gasteiger partial charge in [0.05, 0.1) is 0 Å². The molecule has 0 fully saturated rings. The number of hydrogen-bond acceptors (Lipinski definition) is 3. The summed E-state index contributed by atoms with van der Waals surface area (Å²) in [4.78, 5) is 2.66. The molecule has 25 heavy (non-hydrogen) atoms. The van der Waals surface area contributed by atoms with Crippen LogP contribution in [0.25, 0.3) is 0 Å². The number of hydrogen-bond donors (Lipinski definition) is 2. The zero-order chi connectivity index (χ0) is 18.4. The van der Waals surface area contributed by atoms with Gasteiger partial charge in [-0.2, -0.15) is 0 Å². The third kappa shape index (κ3) is 20.0. The Labute approximate surface area is 159 Å². The Morgan fingerprint density at radius 1 is 0.440 bits per heavy atom. The topological polar surface area (TPSA) is 27.3 Å². The minimum Gasteiger partial charge on any atom is -0.315 e. The molecule has 0 radical (unpaired) electrons. The van der Waals surface area contributed by atoms with E-state index in [1.165, 1.54) is 110 Å². The molecule has 0 aliphatic rings. The summed E-state index contributed by atoms with van der Waals surface area (Å²) >= 11 is 0. The molecule has 0 bridgehead atoms. The van der Waals surface area contributed by atoms with Crippen molar-refractivity contribution in [2.45, 2.75) is 97.8 Å². The van der Waals surface area contributed by atoms with E-state index in [2.05, 4.69) is 36.3 Å². The van der Waals surface area contributed by atoms with Crippen molar-refractivity contribution in [1.29, 1.82) is 0 Å². The lowest BCUT2D eigenvalue weighted by atomic mass is 10.2. The van der Waals surface area contributed by atoms with Gasteiger partial charge < -0.3 is 15.5 Å². The third-order valence-corrected chi connectivity index (χ3v) is 4.95. The summed E-state index contributed by atoms with van der Waals surface area (Å²) in [5.74, 6) is 0. The molecule has 0 spiro atoms. The highest BCUT2D eigenvalue weighted by Crippen LogP contribution is 2.02. The van der Waals surface area contributed by atoms with Crippen LogP contribution >= 0.6 is 0 Å². The Morgan fingerprint density at radius 3 is 1.32 bits per heavy atom. The van der Waals surface area contributed by atoms with Crippen LogP contribution in [0.2, 0.25) is 0 Å². The van der Waals surface area contributed by atoms with Gasteiger partial charge in [-0.3, -0.25) is 0 Å². The summed E-state index contributed by atoms with van der Waals surface area (Å²) in [5.41, 5.74) is 0. The molecule has 0 amide bonds. The van der Waals surface area contributed by atoms with Crippen molar-refractivity contribution in [2.75, 3.05) is 45.8 Å². The molecule has 0 aliphatic heterocycles. The van der Waals surface area contributed by atoms with Crippen LogP contribution in [0.15, 0.2) is 0 Å². The number of unbranched alkanes of at least 4 members (excludes halogenated alkanes) is 9. The average molecular weight is 356 g/mol. The van der Waals surface area contributed by atoms with Gasteiger partial charge >= 0.3 is 0 Å². The van der Waals surface area contributed by atoms with Crippen LogP contribution in [0.4, 0.5) is 0 Å². The van der Waals surface area contributed by atoms with Crippen molar-refractivity contribution in [3.63, 3.8) is 0 Å². The van der Waals surface area contributed by atoms with Crippen molar-refractivity contribution in [3.8, 4) is 0 Å². The fourth-order valence-corrected chi connectivity index (χ4v) is 3.18. The molecular weight excluding hydrogens is 306 g/mol. The summed E-state index contributed by atoms with van der Waals surface area (Å²) in [5, 5.41) is 7.28. The SMILES string of the molecule is CCCCCCNCCN(CCCCCC)CCNCCCCCC. The first-order valence-electron chi connectivity index (χ1n) is 11.5. The summed E-state index contributed by atoms with van der Waals surface area (Å²) in [6.45, 7) is 15.2. The van der Waals surface area contributed by atoms with Crippen LogP contribution in [0.3, 0.4) is 0 Å². The first-order valence-corrected chi connectivity index (χ1v) is 11.5. The van der Waals surface area contributed by atoms with Crippen LogP contribution in [0.5, 0.6) is 0 Å². The van der Waals surface area contributed by atoms with E-state index in [9.17, 15) is 0 Å². The summed E-state index contributed by atoms with van der Waals surface area (Å²) in [7, 11) is 0. The van der Waals surface area contributed by atoms with E-state index in [1.807, 2.05) is 0 Å². The van der Waals surface area contributed by atoms with Crippen molar-refractivity contribution < 1.29 is 0 Å². The monoisotopic (exact) mass is 355 g/mol. The van der Waals surface area contributed by atoms with E-state index >= 15 is 0 Å². The molecule has 0 atom stereocenters. The minimum absolute atomic E-state index is 1.15. The van der Waals surface area contributed by atoms with E-state index in [1.54, 1.807) is 0 Å². The van der Waals surface area contributed by atoms with Crippen molar-refractivity contribution in [3.05, 3.63) is 0 Å². The summed E-state index contributed by atoms with van der Waals surface area (Å²) < 4.78 is 0. The lowest BCUT2D eigenvalue weighted by Gasteiger charge is -2.23. The van der Waals surface area contributed by atoms with Gasteiger partial charge in [-0.25, -0.2) is 0 Å². The maximum atomic E-state index is 3.64. The molecule has 0 saturated heterocycles. The van der Waals surface area contributed by atoms with E-state index in [0.29, 0.717) is 0 Å². The number of nitrogens with one attached hydrogen (secondary N) is 2. The summed E-state index contributed by atoms with van der Waals surface area (Å²) in [6.07, 6.45) is 16.3. The standard InChI is InChI=1S/C22H49N3/c1-4-7-10-13-16-23-18-21-25(20-15-12-9-6-3)22-19-24-17-14-11-8-5-2/h23-24H,4-22H2,1-3H3. The summed E-state index contributed by atoms with van der Waals surface area (Å²) in [6, 6.07) is 0. The van der Waals surface area contributed by atoms with Crippen LogP contribution < -0.4 is 10.6 Å². The van der Waals surface area contributed by atoms with Gasteiger partial charge in [-0.15, -0.1) is 0 Å². The van der Waals surface area contributed by atoms with Crippen molar-refractivity contribution in [2.24, 2.45) is 0 Å². The van der Waals surface area contributed by atoms with Gasteiger partial charge in [0.15, 0.2) is 0 Å². The Kier molecular flexibility index (Phi) is 21.8. The zero-order valence-electron chi connectivity index (χ0n) is 17.9. The molecule has 0 aromatic carbocycles. The van der Waals surface area contributed by atoms with Crippen molar-refractivity contribution >= 4 is 0 Å². The second kappa shape index (κ2) is 21.9. The molecule has 0 aromatic rings. The Morgan fingerprint density at radius 2 is 0.880 bits per heavy atom. The van der Waals surface area contributed by atoms with Gasteiger partial charge in [0.2, 0.25) is 0 Å². The van der Waals surface area contributed by atoms with Gasteiger partial charge in [0, 0.05) is 26.2 Å². The average Bonchev–Trinajstić information content (AvgIpc) is 2.63. The van der Waals surface area contributed by atoms with Crippen molar-refractivity contribution in [1.82, 2.24) is 15.5 Å². The van der Waals surface area contributed by atoms with E-state index in [4.69, 9.17) is 0 Å². The second-order valence-corrected chi connectivity index (χ2v) is 7.52. The molecule has 0 unspecified atom stereocenters. The molecule has 3 nitrogen and oxygen atoms in total. The molecule has 0 aromatic heterocycles. The first kappa shape index (κ1) is 24.9. The van der Waals surface area contributed by atoms with Gasteiger partial charge in [0.1, 0.15) is 0 Å². The molecule has 0 aliphatic carbocycles. The van der Waals surface area contributed by atoms with E-state index < -0.39 is 0 Å². The quantitative estimate of drug-likeness (QED) is 0.277. The maximum absolute atomic E-state index is 3.64. The molecule has 3 heteroatoms. The largest absolute Gasteiger partial charge is 0.315 e. The van der Waals surface area contributed by atoms with Crippen LogP contribution in [-0.4, -0.2) is 50.7 Å². The second-order valence-electron chi connectivity index (χ2n) is 7.52. The Bertz CT molecular complexity index is 215. The maximum Gasteiger partial charge on any atom is 0.0107 e. The van der Waals surface area contributed by atoms with Crippen LogP contribution in [0.1, 0.15) is 97.8 Å². The lowest BCUT2D eigenvalue weighted by Crippen LogP contribution is -2.38. The third-order valence-electron chi connectivity index (χ3n) is 4.95. The van der Waals surface area contributed by atoms with Gasteiger partial charge in [-0.05, 0) is 38.9 Å². The zero-order valence-corrected chi connectivity index (χ0v) is 17.9. The van der Waals surface area contributed by atoms with Crippen LogP contribution in [0, 0.1) is 0 Å². The fourth-order valence-electron chi connectivity index (χ4n) is 3.18. The smallest absolute Gasteiger partial charge is 0.0107 e. The molecule has 2 N–H and O–H groups in total. The highest BCUT2D eigenvalue weighted by atomic mass is 15.1. The Hall–Kier alpha value is -0.120. The molecule has 152 valence electrons. The Balaban J connectivity index is 3.71.